The molecular weight excluding hydrogens is 340 g/mol. The van der Waals surface area contributed by atoms with Crippen molar-refractivity contribution in [2.24, 2.45) is 0 Å². The fraction of sp³-hybridized carbons (Fsp3) is 0.364. The van der Waals surface area contributed by atoms with Crippen molar-refractivity contribution < 1.29 is 14.3 Å². The predicted molar refractivity (Wildman–Crippen MR) is 107 cm³/mol. The van der Waals surface area contributed by atoms with Crippen molar-refractivity contribution in [1.82, 2.24) is 0 Å². The van der Waals surface area contributed by atoms with Crippen LogP contribution in [0.3, 0.4) is 0 Å². The van der Waals surface area contributed by atoms with E-state index in [9.17, 15) is 9.59 Å². The molecule has 0 saturated heterocycles. The van der Waals surface area contributed by atoms with Gasteiger partial charge in [-0.3, -0.25) is 9.59 Å². The van der Waals surface area contributed by atoms with Gasteiger partial charge in [0.15, 0.2) is 5.60 Å². The van der Waals surface area contributed by atoms with Crippen LogP contribution < -0.4 is 15.0 Å². The summed E-state index contributed by atoms with van der Waals surface area (Å²) in [7, 11) is 0. The van der Waals surface area contributed by atoms with Crippen LogP contribution in [0.2, 0.25) is 0 Å². The molecule has 0 aromatic heterocycles. The lowest BCUT2D eigenvalue weighted by Gasteiger charge is -2.38. The van der Waals surface area contributed by atoms with E-state index in [4.69, 9.17) is 4.74 Å². The van der Waals surface area contributed by atoms with Gasteiger partial charge < -0.3 is 15.0 Å². The normalized spacial score (nSPS) is 15.1. The lowest BCUT2D eigenvalue weighted by Crippen LogP contribution is -2.53. The Morgan fingerprint density at radius 1 is 1.07 bits per heavy atom. The Balaban J connectivity index is 1.74. The summed E-state index contributed by atoms with van der Waals surface area (Å²) < 4.78 is 5.85. The molecule has 2 aromatic rings. The van der Waals surface area contributed by atoms with E-state index in [0.29, 0.717) is 12.3 Å². The molecule has 5 heteroatoms. The lowest BCUT2D eigenvalue weighted by atomic mass is 10.0. The van der Waals surface area contributed by atoms with Crippen LogP contribution in [-0.4, -0.2) is 24.0 Å². The molecule has 3 rings (SSSR count). The average Bonchev–Trinajstić information content (AvgIpc) is 2.59. The summed E-state index contributed by atoms with van der Waals surface area (Å²) in [4.78, 5) is 26.9. The van der Waals surface area contributed by atoms with Crippen LogP contribution in [0.1, 0.15) is 37.0 Å². The second-order valence-corrected chi connectivity index (χ2v) is 7.64. The highest BCUT2D eigenvalue weighted by molar-refractivity contribution is 6.03. The number of aryl methyl sites for hydroxylation is 3. The molecule has 0 unspecified atom stereocenters. The Labute approximate surface area is 160 Å². The number of anilines is 2. The van der Waals surface area contributed by atoms with E-state index in [2.05, 4.69) is 5.32 Å². The quantitative estimate of drug-likeness (QED) is 0.884. The van der Waals surface area contributed by atoms with Crippen molar-refractivity contribution in [2.45, 2.75) is 46.6 Å². The van der Waals surface area contributed by atoms with Gasteiger partial charge in [-0.2, -0.15) is 0 Å². The molecular formula is C22H26N2O3. The number of benzene rings is 2. The Hall–Kier alpha value is -2.82. The maximum Gasteiger partial charge on any atom is 0.270 e. The van der Waals surface area contributed by atoms with Gasteiger partial charge in [0.1, 0.15) is 5.75 Å². The summed E-state index contributed by atoms with van der Waals surface area (Å²) in [5, 5.41) is 2.91. The molecule has 2 aromatic carbocycles. The molecule has 1 aliphatic heterocycles. The molecule has 0 bridgehead atoms. The maximum absolute atomic E-state index is 12.8. The summed E-state index contributed by atoms with van der Waals surface area (Å²) in [6.07, 6.45) is 0.210. The van der Waals surface area contributed by atoms with Crippen molar-refractivity contribution in [3.8, 4) is 5.75 Å². The zero-order valence-electron chi connectivity index (χ0n) is 16.6. The van der Waals surface area contributed by atoms with Crippen molar-refractivity contribution in [3.05, 3.63) is 53.1 Å². The number of nitrogens with one attached hydrogen (secondary N) is 1. The van der Waals surface area contributed by atoms with Crippen LogP contribution in [0, 0.1) is 20.8 Å². The first kappa shape index (κ1) is 19.0. The average molecular weight is 366 g/mol. The Kier molecular flexibility index (Phi) is 4.96. The van der Waals surface area contributed by atoms with Crippen molar-refractivity contribution in [2.75, 3.05) is 16.8 Å². The Morgan fingerprint density at radius 3 is 2.52 bits per heavy atom. The standard InChI is InChI=1S/C22H26N2O3/c1-14-6-9-19-18(12-14)24(21(26)22(4,5)27-19)11-10-20(25)23-17-8-7-15(2)16(3)13-17/h6-9,12-13H,10-11H2,1-5H3,(H,23,25). The van der Waals surface area contributed by atoms with Crippen LogP contribution in [-0.2, 0) is 9.59 Å². The van der Waals surface area contributed by atoms with Crippen LogP contribution >= 0.6 is 0 Å². The summed E-state index contributed by atoms with van der Waals surface area (Å²) in [6, 6.07) is 11.6. The molecule has 1 N–H and O–H groups in total. The molecule has 1 heterocycles. The van der Waals surface area contributed by atoms with Crippen molar-refractivity contribution in [1.29, 1.82) is 0 Å². The Morgan fingerprint density at radius 2 is 1.81 bits per heavy atom. The molecule has 0 radical (unpaired) electrons. The number of carbonyl (C=O) groups excluding carboxylic acids is 2. The van der Waals surface area contributed by atoms with Gasteiger partial charge in [-0.25, -0.2) is 0 Å². The SMILES string of the molecule is Cc1ccc2c(c1)N(CCC(=O)Nc1ccc(C)c(C)c1)C(=O)C(C)(C)O2. The molecule has 0 aliphatic carbocycles. The number of fused-ring (bicyclic) bond motifs is 1. The third-order valence-electron chi connectivity index (χ3n) is 4.88. The third-order valence-corrected chi connectivity index (χ3v) is 4.88. The van der Waals surface area contributed by atoms with Gasteiger partial charge >= 0.3 is 0 Å². The van der Waals surface area contributed by atoms with Gasteiger partial charge in [0.05, 0.1) is 5.69 Å². The van der Waals surface area contributed by atoms with Gasteiger partial charge in [-0.15, -0.1) is 0 Å². The van der Waals surface area contributed by atoms with E-state index in [0.717, 1.165) is 22.5 Å². The predicted octanol–water partition coefficient (Wildman–Crippen LogP) is 4.14. The molecule has 142 valence electrons. The first-order valence-corrected chi connectivity index (χ1v) is 9.16. The monoisotopic (exact) mass is 366 g/mol. The van der Waals surface area contributed by atoms with Crippen LogP contribution in [0.25, 0.3) is 0 Å². The highest BCUT2D eigenvalue weighted by Crippen LogP contribution is 2.38. The zero-order chi connectivity index (χ0) is 19.8. The molecule has 5 nitrogen and oxygen atoms in total. The van der Waals surface area contributed by atoms with Gasteiger partial charge in [0.2, 0.25) is 5.91 Å². The van der Waals surface area contributed by atoms with Gasteiger partial charge in [0, 0.05) is 18.7 Å². The smallest absolute Gasteiger partial charge is 0.270 e. The highest BCUT2D eigenvalue weighted by atomic mass is 16.5. The van der Waals surface area contributed by atoms with Gasteiger partial charge in [0.25, 0.3) is 5.91 Å². The molecule has 0 spiro atoms. The molecule has 0 saturated carbocycles. The van der Waals surface area contributed by atoms with Gasteiger partial charge in [-0.1, -0.05) is 12.1 Å². The Bertz CT molecular complexity index is 902. The van der Waals surface area contributed by atoms with E-state index in [1.807, 2.05) is 57.2 Å². The highest BCUT2D eigenvalue weighted by Gasteiger charge is 2.40. The molecule has 2 amide bonds. The second kappa shape index (κ2) is 7.06. The minimum absolute atomic E-state index is 0.121. The second-order valence-electron chi connectivity index (χ2n) is 7.64. The summed E-state index contributed by atoms with van der Waals surface area (Å²) in [5.41, 5.74) is 3.89. The first-order chi connectivity index (χ1) is 12.7. The lowest BCUT2D eigenvalue weighted by molar-refractivity contribution is -0.132. The number of amides is 2. The molecule has 27 heavy (non-hydrogen) atoms. The van der Waals surface area contributed by atoms with Gasteiger partial charge in [-0.05, 0) is 75.6 Å². The fourth-order valence-electron chi connectivity index (χ4n) is 3.16. The van der Waals surface area contributed by atoms with E-state index in [-0.39, 0.29) is 18.2 Å². The molecule has 0 fully saturated rings. The number of hydrogen-bond acceptors (Lipinski definition) is 3. The van der Waals surface area contributed by atoms with Crippen LogP contribution in [0.15, 0.2) is 36.4 Å². The van der Waals surface area contributed by atoms with Crippen LogP contribution in [0.4, 0.5) is 11.4 Å². The minimum Gasteiger partial charge on any atom is -0.476 e. The van der Waals surface area contributed by atoms with Crippen molar-refractivity contribution in [3.63, 3.8) is 0 Å². The van der Waals surface area contributed by atoms with E-state index < -0.39 is 5.60 Å². The van der Waals surface area contributed by atoms with E-state index >= 15 is 0 Å². The summed E-state index contributed by atoms with van der Waals surface area (Å²) in [5.74, 6) is 0.406. The molecule has 0 atom stereocenters. The van der Waals surface area contributed by atoms with E-state index in [1.165, 1.54) is 5.56 Å². The number of carbonyl (C=O) groups is 2. The number of nitrogens with zero attached hydrogens (tertiary/aromatic N) is 1. The van der Waals surface area contributed by atoms with E-state index in [1.54, 1.807) is 18.7 Å². The van der Waals surface area contributed by atoms with Crippen LogP contribution in [0.5, 0.6) is 5.75 Å². The number of ether oxygens (including phenoxy) is 1. The third kappa shape index (κ3) is 3.97. The maximum atomic E-state index is 12.8. The van der Waals surface area contributed by atoms with Crippen molar-refractivity contribution >= 4 is 23.2 Å². The fourth-order valence-corrected chi connectivity index (χ4v) is 3.16. The number of hydrogen-bond donors (Lipinski definition) is 1. The summed E-state index contributed by atoms with van der Waals surface area (Å²) >= 11 is 0. The first-order valence-electron chi connectivity index (χ1n) is 9.16. The number of rotatable bonds is 4. The topological polar surface area (TPSA) is 58.6 Å². The molecule has 1 aliphatic rings. The largest absolute Gasteiger partial charge is 0.476 e. The minimum atomic E-state index is -0.952. The zero-order valence-corrected chi connectivity index (χ0v) is 16.6. The summed E-state index contributed by atoms with van der Waals surface area (Å²) in [6.45, 7) is 9.82.